The van der Waals surface area contributed by atoms with Gasteiger partial charge in [0.15, 0.2) is 5.82 Å². The predicted octanol–water partition coefficient (Wildman–Crippen LogP) is 4.51. The van der Waals surface area contributed by atoms with Crippen molar-refractivity contribution in [2.24, 2.45) is 5.41 Å². The van der Waals surface area contributed by atoms with Gasteiger partial charge in [-0.3, -0.25) is 0 Å². The van der Waals surface area contributed by atoms with Gasteiger partial charge in [-0.05, 0) is 30.4 Å². The van der Waals surface area contributed by atoms with Gasteiger partial charge in [-0.25, -0.2) is 14.2 Å². The molecule has 0 unspecified atom stereocenters. The van der Waals surface area contributed by atoms with Crippen LogP contribution >= 0.6 is 0 Å². The Morgan fingerprint density at radius 3 is 2.45 bits per heavy atom. The first-order valence-corrected chi connectivity index (χ1v) is 7.35. The number of hydrogen-bond donors (Lipinski definition) is 1. The van der Waals surface area contributed by atoms with Gasteiger partial charge >= 0.3 is 0 Å². The van der Waals surface area contributed by atoms with E-state index in [1.807, 2.05) is 0 Å². The first-order chi connectivity index (χ1) is 9.39. The Balaban J connectivity index is 2.82. The Bertz CT molecular complexity index is 419. The van der Waals surface area contributed by atoms with Crippen LogP contribution in [0.25, 0.3) is 0 Å². The summed E-state index contributed by atoms with van der Waals surface area (Å²) in [7, 11) is 0. The number of unbranched alkanes of at least 4 members (excludes halogenated alkanes) is 1. The molecule has 114 valence electrons. The van der Waals surface area contributed by atoms with Crippen LogP contribution in [0, 0.1) is 17.0 Å². The van der Waals surface area contributed by atoms with E-state index < -0.39 is 11.6 Å². The molecule has 0 radical (unpaired) electrons. The first-order valence-electron chi connectivity index (χ1n) is 7.35. The maximum absolute atomic E-state index is 13.9. The lowest BCUT2D eigenvalue weighted by Gasteiger charge is -2.31. The number of benzene rings is 1. The highest BCUT2D eigenvalue weighted by Crippen LogP contribution is 2.22. The number of hydrogen-bond acceptors (Lipinski definition) is 2. The highest BCUT2D eigenvalue weighted by Gasteiger charge is 2.18. The van der Waals surface area contributed by atoms with E-state index in [2.05, 4.69) is 33.1 Å². The van der Waals surface area contributed by atoms with Crippen molar-refractivity contribution in [1.29, 1.82) is 0 Å². The lowest BCUT2D eigenvalue weighted by Crippen LogP contribution is -2.44. The maximum Gasteiger partial charge on any atom is 0.150 e. The smallest absolute Gasteiger partial charge is 0.150 e. The van der Waals surface area contributed by atoms with Gasteiger partial charge < -0.3 is 5.01 Å². The minimum absolute atomic E-state index is 0.140. The second kappa shape index (κ2) is 7.58. The van der Waals surface area contributed by atoms with Crippen molar-refractivity contribution < 1.29 is 8.78 Å². The van der Waals surface area contributed by atoms with Gasteiger partial charge in [0.2, 0.25) is 0 Å². The topological polar surface area (TPSA) is 15.3 Å². The zero-order chi connectivity index (χ0) is 15.2. The fourth-order valence-corrected chi connectivity index (χ4v) is 1.74. The zero-order valence-electron chi connectivity index (χ0n) is 13.0. The molecule has 0 spiro atoms. The van der Waals surface area contributed by atoms with Crippen LogP contribution in [-0.2, 0) is 0 Å². The number of rotatable bonds is 8. The summed E-state index contributed by atoms with van der Waals surface area (Å²) in [5.74, 6) is -1.07. The van der Waals surface area contributed by atoms with Gasteiger partial charge in [0, 0.05) is 19.2 Å². The van der Waals surface area contributed by atoms with Crippen LogP contribution in [0.4, 0.5) is 14.5 Å². The average Bonchev–Trinajstić information content (AvgIpc) is 2.40. The highest BCUT2D eigenvalue weighted by molar-refractivity contribution is 5.46. The van der Waals surface area contributed by atoms with E-state index in [-0.39, 0.29) is 5.41 Å². The molecule has 0 saturated heterocycles. The Morgan fingerprint density at radius 2 is 1.90 bits per heavy atom. The van der Waals surface area contributed by atoms with Crippen LogP contribution in [0.1, 0.15) is 47.0 Å². The summed E-state index contributed by atoms with van der Waals surface area (Å²) in [6.07, 6.45) is 3.02. The van der Waals surface area contributed by atoms with Gasteiger partial charge in [-0.15, -0.1) is 0 Å². The molecule has 0 bridgehead atoms. The Kier molecular flexibility index (Phi) is 6.40. The lowest BCUT2D eigenvalue weighted by molar-refractivity contribution is 0.322. The molecule has 1 aromatic carbocycles. The summed E-state index contributed by atoms with van der Waals surface area (Å²) in [4.78, 5) is 0. The largest absolute Gasteiger partial charge is 0.305 e. The first kappa shape index (κ1) is 16.9. The molecule has 1 rings (SSSR count). The van der Waals surface area contributed by atoms with Crippen LogP contribution < -0.4 is 10.4 Å². The monoisotopic (exact) mass is 284 g/mol. The maximum atomic E-state index is 13.9. The molecule has 0 aliphatic rings. The number of halogens is 2. The molecule has 1 N–H and O–H groups in total. The second-order valence-electron chi connectivity index (χ2n) is 5.95. The Labute approximate surface area is 121 Å². The molecule has 0 saturated carbocycles. The van der Waals surface area contributed by atoms with Crippen molar-refractivity contribution in [3.05, 3.63) is 29.8 Å². The van der Waals surface area contributed by atoms with Crippen molar-refractivity contribution in [3.63, 3.8) is 0 Å². The van der Waals surface area contributed by atoms with E-state index >= 15 is 0 Å². The molecular formula is C16H26F2N2. The average molecular weight is 284 g/mol. The SMILES string of the molecule is CCCCN(NCC(C)(C)CC)c1ccc(F)cc1F. The highest BCUT2D eigenvalue weighted by atomic mass is 19.1. The fraction of sp³-hybridized carbons (Fsp3) is 0.625. The van der Waals surface area contributed by atoms with Crippen LogP contribution in [0.5, 0.6) is 0 Å². The van der Waals surface area contributed by atoms with Crippen LogP contribution in [0.15, 0.2) is 18.2 Å². The standard InChI is InChI=1S/C16H26F2N2/c1-5-7-10-20(19-12-16(3,4)6-2)15-9-8-13(17)11-14(15)18/h8-9,11,19H,5-7,10,12H2,1-4H3. The van der Waals surface area contributed by atoms with Crippen LogP contribution in [-0.4, -0.2) is 13.1 Å². The summed E-state index contributed by atoms with van der Waals surface area (Å²) in [5.41, 5.74) is 3.84. The molecule has 0 aliphatic carbocycles. The third-order valence-electron chi connectivity index (χ3n) is 3.64. The lowest BCUT2D eigenvalue weighted by atomic mass is 9.91. The summed E-state index contributed by atoms with van der Waals surface area (Å²) < 4.78 is 26.9. The normalized spacial score (nSPS) is 11.7. The number of anilines is 1. The van der Waals surface area contributed by atoms with E-state index in [0.717, 1.165) is 31.9 Å². The Morgan fingerprint density at radius 1 is 1.20 bits per heavy atom. The molecular weight excluding hydrogens is 258 g/mol. The molecule has 1 aromatic rings. The Hall–Kier alpha value is -1.16. The van der Waals surface area contributed by atoms with Crippen molar-refractivity contribution in [3.8, 4) is 0 Å². The molecule has 0 fully saturated rings. The van der Waals surface area contributed by atoms with E-state index in [1.165, 1.54) is 12.1 Å². The fourth-order valence-electron chi connectivity index (χ4n) is 1.74. The van der Waals surface area contributed by atoms with E-state index in [9.17, 15) is 8.78 Å². The van der Waals surface area contributed by atoms with Crippen LogP contribution in [0.3, 0.4) is 0 Å². The molecule has 0 amide bonds. The van der Waals surface area contributed by atoms with Crippen LogP contribution in [0.2, 0.25) is 0 Å². The van der Waals surface area contributed by atoms with Gasteiger partial charge in [0.25, 0.3) is 0 Å². The molecule has 4 heteroatoms. The third kappa shape index (κ3) is 5.08. The number of hydrazine groups is 1. The molecule has 0 atom stereocenters. The molecule has 20 heavy (non-hydrogen) atoms. The van der Waals surface area contributed by atoms with Gasteiger partial charge in [0.1, 0.15) is 5.82 Å². The molecule has 0 aliphatic heterocycles. The third-order valence-corrected chi connectivity index (χ3v) is 3.64. The molecule has 0 aromatic heterocycles. The number of nitrogens with zero attached hydrogens (tertiary/aromatic N) is 1. The predicted molar refractivity (Wildman–Crippen MR) is 80.7 cm³/mol. The minimum atomic E-state index is -0.546. The van der Waals surface area contributed by atoms with Crippen molar-refractivity contribution >= 4 is 5.69 Å². The zero-order valence-corrected chi connectivity index (χ0v) is 13.0. The van der Waals surface area contributed by atoms with Crippen molar-refractivity contribution in [2.45, 2.75) is 47.0 Å². The van der Waals surface area contributed by atoms with Crippen molar-refractivity contribution in [1.82, 2.24) is 5.43 Å². The second-order valence-corrected chi connectivity index (χ2v) is 5.95. The van der Waals surface area contributed by atoms with E-state index in [4.69, 9.17) is 0 Å². The quantitative estimate of drug-likeness (QED) is 0.706. The molecule has 0 heterocycles. The van der Waals surface area contributed by atoms with Gasteiger partial charge in [0.05, 0.1) is 5.69 Å². The van der Waals surface area contributed by atoms with E-state index in [0.29, 0.717) is 12.2 Å². The number of nitrogens with one attached hydrogen (secondary N) is 1. The van der Waals surface area contributed by atoms with Gasteiger partial charge in [-0.1, -0.05) is 34.1 Å². The van der Waals surface area contributed by atoms with Gasteiger partial charge in [-0.2, -0.15) is 0 Å². The molecule has 2 nitrogen and oxygen atoms in total. The summed E-state index contributed by atoms with van der Waals surface area (Å²) in [6, 6.07) is 3.72. The summed E-state index contributed by atoms with van der Waals surface area (Å²) in [5, 5.41) is 1.80. The minimum Gasteiger partial charge on any atom is -0.305 e. The summed E-state index contributed by atoms with van der Waals surface area (Å²) in [6.45, 7) is 10.0. The van der Waals surface area contributed by atoms with E-state index in [1.54, 1.807) is 5.01 Å². The van der Waals surface area contributed by atoms with Crippen molar-refractivity contribution in [2.75, 3.05) is 18.1 Å². The summed E-state index contributed by atoms with van der Waals surface area (Å²) >= 11 is 0.